The molecule has 1 aromatic heterocycles. The van der Waals surface area contributed by atoms with Crippen molar-refractivity contribution >= 4 is 5.97 Å². The van der Waals surface area contributed by atoms with Crippen LogP contribution in [0.2, 0.25) is 0 Å². The molecule has 0 aliphatic heterocycles. The van der Waals surface area contributed by atoms with E-state index in [0.717, 1.165) is 12.8 Å². The number of carboxylic acid groups (broad SMARTS) is 1. The van der Waals surface area contributed by atoms with Gasteiger partial charge in [-0.15, -0.1) is 0 Å². The van der Waals surface area contributed by atoms with Crippen LogP contribution in [0.25, 0.3) is 0 Å². The Balaban J connectivity index is 2.78. The molecule has 1 heterocycles. The van der Waals surface area contributed by atoms with Crippen molar-refractivity contribution in [1.29, 1.82) is 0 Å². The summed E-state index contributed by atoms with van der Waals surface area (Å²) in [6.45, 7) is 2.03. The number of methoxy groups -OCH3 is 1. The number of nitrogens with one attached hydrogen (secondary N) is 1. The third kappa shape index (κ3) is 2.32. The molecule has 0 bridgehead atoms. The van der Waals surface area contributed by atoms with E-state index in [4.69, 9.17) is 9.84 Å². The summed E-state index contributed by atoms with van der Waals surface area (Å²) in [7, 11) is 1.59. The molecule has 0 spiro atoms. The van der Waals surface area contributed by atoms with Crippen molar-refractivity contribution in [3.05, 3.63) is 17.7 Å². The highest BCUT2D eigenvalue weighted by atomic mass is 16.5. The SMILES string of the molecule is CCCC(OC)c1ncc(C(=O)O)[nH]1. The predicted molar refractivity (Wildman–Crippen MR) is 50.2 cm³/mol. The van der Waals surface area contributed by atoms with Crippen LogP contribution in [0.4, 0.5) is 0 Å². The zero-order chi connectivity index (χ0) is 10.6. The number of aromatic nitrogens is 2. The Morgan fingerprint density at radius 1 is 1.79 bits per heavy atom. The molecule has 0 aromatic carbocycles. The maximum absolute atomic E-state index is 10.6. The molecule has 0 aliphatic rings. The quantitative estimate of drug-likeness (QED) is 0.753. The van der Waals surface area contributed by atoms with Crippen LogP contribution >= 0.6 is 0 Å². The first kappa shape index (κ1) is 10.7. The van der Waals surface area contributed by atoms with Crippen LogP contribution in [-0.2, 0) is 4.74 Å². The molecule has 1 unspecified atom stereocenters. The van der Waals surface area contributed by atoms with Gasteiger partial charge in [0.05, 0.1) is 6.20 Å². The van der Waals surface area contributed by atoms with Gasteiger partial charge in [0, 0.05) is 7.11 Å². The fourth-order valence-electron chi connectivity index (χ4n) is 1.24. The summed E-state index contributed by atoms with van der Waals surface area (Å²) in [5, 5.41) is 8.67. The van der Waals surface area contributed by atoms with Crippen LogP contribution in [-0.4, -0.2) is 28.2 Å². The number of nitrogens with zero attached hydrogens (tertiary/aromatic N) is 1. The van der Waals surface area contributed by atoms with Crippen LogP contribution in [0.1, 0.15) is 42.2 Å². The van der Waals surface area contributed by atoms with E-state index in [2.05, 4.69) is 9.97 Å². The summed E-state index contributed by atoms with van der Waals surface area (Å²) in [6, 6.07) is 0. The maximum atomic E-state index is 10.6. The number of hydrogen-bond donors (Lipinski definition) is 2. The molecule has 5 heteroatoms. The van der Waals surface area contributed by atoms with Gasteiger partial charge in [-0.2, -0.15) is 0 Å². The Kier molecular flexibility index (Phi) is 3.64. The van der Waals surface area contributed by atoms with Crippen LogP contribution < -0.4 is 0 Å². The van der Waals surface area contributed by atoms with Crippen LogP contribution in [0.3, 0.4) is 0 Å². The maximum Gasteiger partial charge on any atom is 0.353 e. The van der Waals surface area contributed by atoms with Gasteiger partial charge in [-0.3, -0.25) is 0 Å². The van der Waals surface area contributed by atoms with Crippen molar-refractivity contribution in [2.45, 2.75) is 25.9 Å². The molecule has 5 nitrogen and oxygen atoms in total. The molecule has 2 N–H and O–H groups in total. The number of aromatic amines is 1. The smallest absolute Gasteiger partial charge is 0.353 e. The largest absolute Gasteiger partial charge is 0.477 e. The number of H-pyrrole nitrogens is 1. The van der Waals surface area contributed by atoms with E-state index >= 15 is 0 Å². The lowest BCUT2D eigenvalue weighted by Gasteiger charge is -2.10. The second-order valence-corrected chi connectivity index (χ2v) is 3.00. The normalized spacial score (nSPS) is 12.7. The van der Waals surface area contributed by atoms with Gasteiger partial charge < -0.3 is 14.8 Å². The van der Waals surface area contributed by atoms with Gasteiger partial charge >= 0.3 is 5.97 Å². The molecular weight excluding hydrogens is 184 g/mol. The Morgan fingerprint density at radius 2 is 2.50 bits per heavy atom. The second kappa shape index (κ2) is 4.76. The van der Waals surface area contributed by atoms with Gasteiger partial charge in [0.1, 0.15) is 17.6 Å². The molecule has 0 fully saturated rings. The fourth-order valence-corrected chi connectivity index (χ4v) is 1.24. The van der Waals surface area contributed by atoms with Crippen molar-refractivity contribution in [3.63, 3.8) is 0 Å². The Bertz CT molecular complexity index is 309. The minimum atomic E-state index is -1.00. The molecule has 1 rings (SSSR count). The lowest BCUT2D eigenvalue weighted by atomic mass is 10.2. The van der Waals surface area contributed by atoms with E-state index in [0.29, 0.717) is 5.82 Å². The second-order valence-electron chi connectivity index (χ2n) is 3.00. The van der Waals surface area contributed by atoms with E-state index in [1.165, 1.54) is 6.20 Å². The molecule has 0 saturated carbocycles. The standard InChI is InChI=1S/C9H14N2O3/c1-3-4-7(14-2)8-10-5-6(11-8)9(12)13/h5,7H,3-4H2,1-2H3,(H,10,11)(H,12,13). The number of carboxylic acids is 1. The molecular formula is C9H14N2O3. The van der Waals surface area contributed by atoms with Crippen molar-refractivity contribution in [1.82, 2.24) is 9.97 Å². The first-order chi connectivity index (χ1) is 6.69. The third-order valence-electron chi connectivity index (χ3n) is 1.97. The Labute approximate surface area is 82.1 Å². The van der Waals surface area contributed by atoms with Crippen LogP contribution in [0.15, 0.2) is 6.20 Å². The highest BCUT2D eigenvalue weighted by molar-refractivity contribution is 5.84. The molecule has 0 saturated heterocycles. The zero-order valence-electron chi connectivity index (χ0n) is 8.28. The molecule has 14 heavy (non-hydrogen) atoms. The molecule has 1 atom stereocenters. The predicted octanol–water partition coefficient (Wildman–Crippen LogP) is 1.60. The number of aromatic carboxylic acids is 1. The summed E-state index contributed by atoms with van der Waals surface area (Å²) in [6.07, 6.45) is 2.94. The average Bonchev–Trinajstić information content (AvgIpc) is 2.63. The van der Waals surface area contributed by atoms with Gasteiger partial charge in [-0.25, -0.2) is 9.78 Å². The van der Waals surface area contributed by atoms with Crippen molar-refractivity contribution in [2.75, 3.05) is 7.11 Å². The van der Waals surface area contributed by atoms with E-state index in [1.54, 1.807) is 7.11 Å². The van der Waals surface area contributed by atoms with Gasteiger partial charge in [0.15, 0.2) is 0 Å². The lowest BCUT2D eigenvalue weighted by molar-refractivity contribution is 0.0688. The van der Waals surface area contributed by atoms with Crippen molar-refractivity contribution in [3.8, 4) is 0 Å². The summed E-state index contributed by atoms with van der Waals surface area (Å²) < 4.78 is 5.18. The summed E-state index contributed by atoms with van der Waals surface area (Å²) in [5.41, 5.74) is 0.0955. The van der Waals surface area contributed by atoms with Gasteiger partial charge in [0.25, 0.3) is 0 Å². The minimum absolute atomic E-state index is 0.0955. The van der Waals surface area contributed by atoms with E-state index in [-0.39, 0.29) is 11.8 Å². The fraction of sp³-hybridized carbons (Fsp3) is 0.556. The molecule has 0 aliphatic carbocycles. The first-order valence-electron chi connectivity index (χ1n) is 4.50. The number of rotatable bonds is 5. The first-order valence-corrected chi connectivity index (χ1v) is 4.50. The number of hydrogen-bond acceptors (Lipinski definition) is 3. The highest BCUT2D eigenvalue weighted by Crippen LogP contribution is 2.18. The van der Waals surface area contributed by atoms with Crippen LogP contribution in [0, 0.1) is 0 Å². The van der Waals surface area contributed by atoms with E-state index < -0.39 is 5.97 Å². The highest BCUT2D eigenvalue weighted by Gasteiger charge is 2.15. The van der Waals surface area contributed by atoms with Gasteiger partial charge in [-0.05, 0) is 6.42 Å². The van der Waals surface area contributed by atoms with Crippen molar-refractivity contribution < 1.29 is 14.6 Å². The number of ether oxygens (including phenoxy) is 1. The average molecular weight is 198 g/mol. The third-order valence-corrected chi connectivity index (χ3v) is 1.97. The molecule has 1 aromatic rings. The van der Waals surface area contributed by atoms with E-state index in [1.807, 2.05) is 6.92 Å². The topological polar surface area (TPSA) is 75.2 Å². The molecule has 78 valence electrons. The lowest BCUT2D eigenvalue weighted by Crippen LogP contribution is -2.04. The molecule has 0 radical (unpaired) electrons. The monoisotopic (exact) mass is 198 g/mol. The van der Waals surface area contributed by atoms with E-state index in [9.17, 15) is 4.79 Å². The Hall–Kier alpha value is -1.36. The Morgan fingerprint density at radius 3 is 2.93 bits per heavy atom. The van der Waals surface area contributed by atoms with Gasteiger partial charge in [-0.1, -0.05) is 13.3 Å². The number of imidazole rings is 1. The molecule has 0 amide bonds. The van der Waals surface area contributed by atoms with Crippen LogP contribution in [0.5, 0.6) is 0 Å². The summed E-state index contributed by atoms with van der Waals surface area (Å²) in [5.74, 6) is -0.429. The van der Waals surface area contributed by atoms with Gasteiger partial charge in [0.2, 0.25) is 0 Å². The summed E-state index contributed by atoms with van der Waals surface area (Å²) in [4.78, 5) is 17.2. The summed E-state index contributed by atoms with van der Waals surface area (Å²) >= 11 is 0. The zero-order valence-corrected chi connectivity index (χ0v) is 8.28. The number of carbonyl (C=O) groups is 1. The minimum Gasteiger partial charge on any atom is -0.477 e. The van der Waals surface area contributed by atoms with Crippen molar-refractivity contribution in [2.24, 2.45) is 0 Å².